The van der Waals surface area contributed by atoms with E-state index in [-0.39, 0.29) is 11.5 Å². The van der Waals surface area contributed by atoms with Gasteiger partial charge >= 0.3 is 0 Å². The van der Waals surface area contributed by atoms with Crippen molar-refractivity contribution >= 4 is 37.3 Å². The van der Waals surface area contributed by atoms with E-state index in [1.54, 1.807) is 12.1 Å². The number of fused-ring (bicyclic) bond motifs is 2. The lowest BCUT2D eigenvalue weighted by atomic mass is 10.1. The van der Waals surface area contributed by atoms with Crippen LogP contribution < -0.4 is 15.2 Å². The quantitative estimate of drug-likeness (QED) is 0.331. The van der Waals surface area contributed by atoms with Crippen molar-refractivity contribution in [2.45, 2.75) is 23.8 Å². The molecule has 9 heteroatoms. The monoisotopic (exact) mass is 469 g/mol. The molecule has 4 aromatic rings. The number of nitrogens with two attached hydrogens (primary N) is 1. The molecule has 5 rings (SSSR count). The summed E-state index contributed by atoms with van der Waals surface area (Å²) in [7, 11) is -3.95. The molecule has 7 nitrogen and oxygen atoms in total. The molecule has 0 spiro atoms. The van der Waals surface area contributed by atoms with Crippen molar-refractivity contribution < 1.29 is 18.3 Å². The third-order valence-corrected chi connectivity index (χ3v) is 8.12. The van der Waals surface area contributed by atoms with Crippen LogP contribution in [0.15, 0.2) is 59.6 Å². The number of sulfonamides is 1. The summed E-state index contributed by atoms with van der Waals surface area (Å²) in [5, 5.41) is 11.6. The van der Waals surface area contributed by atoms with Crippen LogP contribution in [-0.4, -0.2) is 37.8 Å². The fraction of sp³-hybridized carbons (Fsp3) is 0.217. The molecule has 0 saturated heterocycles. The zero-order chi connectivity index (χ0) is 22.3. The predicted octanol–water partition coefficient (Wildman–Crippen LogP) is 3.30. The summed E-state index contributed by atoms with van der Waals surface area (Å²) < 4.78 is 35.2. The van der Waals surface area contributed by atoms with Crippen LogP contribution in [-0.2, 0) is 22.9 Å². The molecule has 0 aliphatic carbocycles. The van der Waals surface area contributed by atoms with Gasteiger partial charge in [0.1, 0.15) is 10.6 Å². The highest BCUT2D eigenvalue weighted by atomic mass is 32.2. The van der Waals surface area contributed by atoms with Crippen LogP contribution in [0.5, 0.6) is 5.75 Å². The first kappa shape index (κ1) is 21.0. The maximum absolute atomic E-state index is 13.4. The topological polar surface area (TPSA) is 117 Å². The van der Waals surface area contributed by atoms with Gasteiger partial charge in [-0.3, -0.25) is 0 Å². The van der Waals surface area contributed by atoms with E-state index in [9.17, 15) is 13.5 Å². The third-order valence-electron chi connectivity index (χ3n) is 5.63. The van der Waals surface area contributed by atoms with E-state index in [0.29, 0.717) is 30.2 Å². The summed E-state index contributed by atoms with van der Waals surface area (Å²) in [6.45, 7) is 0.107. The smallest absolute Gasteiger partial charge is 0.244 e. The summed E-state index contributed by atoms with van der Waals surface area (Å²) >= 11 is 1.41. The van der Waals surface area contributed by atoms with Crippen LogP contribution in [0.2, 0.25) is 0 Å². The lowest BCUT2D eigenvalue weighted by Crippen LogP contribution is -2.39. The number of nitrogens with one attached hydrogen (secondary N) is 2. The average Bonchev–Trinajstić information content (AvgIpc) is 3.52. The third kappa shape index (κ3) is 3.88. The molecule has 1 aliphatic heterocycles. The van der Waals surface area contributed by atoms with Crippen molar-refractivity contribution in [3.05, 3.63) is 65.9 Å². The number of aliphatic hydroxyl groups is 1. The van der Waals surface area contributed by atoms with Crippen molar-refractivity contribution in [2.24, 2.45) is 0 Å². The first-order valence-corrected chi connectivity index (χ1v) is 12.6. The van der Waals surface area contributed by atoms with Crippen molar-refractivity contribution in [3.63, 3.8) is 0 Å². The molecule has 0 radical (unpaired) electrons. The zero-order valence-electron chi connectivity index (χ0n) is 17.2. The lowest BCUT2D eigenvalue weighted by molar-refractivity contribution is 0.256. The number of rotatable bonds is 7. The Bertz CT molecular complexity index is 1390. The van der Waals surface area contributed by atoms with Gasteiger partial charge in [0.2, 0.25) is 10.0 Å². The Kier molecular flexibility index (Phi) is 5.42. The van der Waals surface area contributed by atoms with E-state index in [4.69, 9.17) is 10.5 Å². The second kappa shape index (κ2) is 8.25. The maximum Gasteiger partial charge on any atom is 0.244 e. The van der Waals surface area contributed by atoms with Crippen LogP contribution in [0, 0.1) is 0 Å². The normalized spacial score (nSPS) is 14.4. The van der Waals surface area contributed by atoms with Gasteiger partial charge < -0.3 is 20.6 Å². The summed E-state index contributed by atoms with van der Waals surface area (Å²) in [4.78, 5) is 4.17. The Morgan fingerprint density at radius 2 is 2.06 bits per heavy atom. The number of para-hydroxylation sites is 1. The van der Waals surface area contributed by atoms with Crippen LogP contribution in [0.3, 0.4) is 0 Å². The Hall–Kier alpha value is -2.85. The molecule has 0 unspecified atom stereocenters. The molecule has 32 heavy (non-hydrogen) atoms. The maximum atomic E-state index is 13.4. The van der Waals surface area contributed by atoms with E-state index >= 15 is 0 Å². The average molecular weight is 470 g/mol. The van der Waals surface area contributed by atoms with Gasteiger partial charge in [0.15, 0.2) is 0 Å². The molecule has 166 valence electrons. The number of hydrogen-bond acceptors (Lipinski definition) is 6. The molecule has 3 heterocycles. The summed E-state index contributed by atoms with van der Waals surface area (Å²) in [5.41, 5.74) is 9.42. The van der Waals surface area contributed by atoms with Crippen molar-refractivity contribution in [2.75, 3.05) is 18.9 Å². The minimum Gasteiger partial charge on any atom is -0.492 e. The minimum atomic E-state index is -3.95. The Balaban J connectivity index is 1.47. The number of anilines is 1. The fourth-order valence-electron chi connectivity index (χ4n) is 4.11. The number of nitrogen functional groups attached to an aromatic ring is 1. The highest BCUT2D eigenvalue weighted by Crippen LogP contribution is 2.39. The molecule has 0 saturated carbocycles. The van der Waals surface area contributed by atoms with Gasteiger partial charge in [-0.25, -0.2) is 13.1 Å². The number of hydrogen-bond donors (Lipinski definition) is 4. The molecule has 0 bridgehead atoms. The molecule has 0 fully saturated rings. The molecular formula is C23H23N3O4S2. The van der Waals surface area contributed by atoms with Crippen LogP contribution in [0.1, 0.15) is 11.1 Å². The van der Waals surface area contributed by atoms with Crippen molar-refractivity contribution in [3.8, 4) is 16.2 Å². The van der Waals surface area contributed by atoms with Gasteiger partial charge in [0.25, 0.3) is 0 Å². The highest BCUT2D eigenvalue weighted by Gasteiger charge is 2.29. The van der Waals surface area contributed by atoms with Gasteiger partial charge in [0.05, 0.1) is 18.2 Å². The molecule has 2 aromatic carbocycles. The standard InChI is InChI=1S/C23H23N3O4S2/c24-22-6-5-20(31-22)15-9-14-7-8-30-23(14)21(11-15)32(28,29)26-17(13-27)10-16-12-25-19-4-2-1-3-18(16)19/h1-6,9,11-12,17,25-27H,7-8,10,13,24H2/t17-/m1/s1. The number of aromatic amines is 1. The zero-order valence-corrected chi connectivity index (χ0v) is 18.8. The fourth-order valence-corrected chi connectivity index (χ4v) is 6.32. The largest absolute Gasteiger partial charge is 0.492 e. The number of aliphatic hydroxyl groups excluding tert-OH is 1. The van der Waals surface area contributed by atoms with E-state index in [1.807, 2.05) is 42.6 Å². The van der Waals surface area contributed by atoms with Gasteiger partial charge in [-0.2, -0.15) is 0 Å². The summed E-state index contributed by atoms with van der Waals surface area (Å²) in [6.07, 6.45) is 2.85. The first-order chi connectivity index (χ1) is 15.4. The number of aromatic nitrogens is 1. The molecule has 0 amide bonds. The summed E-state index contributed by atoms with van der Waals surface area (Å²) in [6, 6.07) is 14.4. The van der Waals surface area contributed by atoms with Gasteiger partial charge in [-0.1, -0.05) is 18.2 Å². The molecule has 1 atom stereocenters. The van der Waals surface area contributed by atoms with Crippen molar-refractivity contribution in [1.82, 2.24) is 9.71 Å². The number of H-pyrrole nitrogens is 1. The SMILES string of the molecule is Nc1ccc(-c2cc3c(c(S(=O)(=O)N[C@@H](CO)Cc4c[nH]c5ccccc45)c2)OCC3)s1. The second-order valence-electron chi connectivity index (χ2n) is 7.83. The van der Waals surface area contributed by atoms with E-state index in [2.05, 4.69) is 9.71 Å². The van der Waals surface area contributed by atoms with E-state index in [1.165, 1.54) is 11.3 Å². The Morgan fingerprint density at radius 1 is 1.22 bits per heavy atom. The van der Waals surface area contributed by atoms with Crippen molar-refractivity contribution in [1.29, 1.82) is 0 Å². The second-order valence-corrected chi connectivity index (χ2v) is 10.6. The molecule has 1 aliphatic rings. The predicted molar refractivity (Wildman–Crippen MR) is 127 cm³/mol. The van der Waals surface area contributed by atoms with Gasteiger partial charge in [-0.05, 0) is 53.4 Å². The first-order valence-electron chi connectivity index (χ1n) is 10.3. The lowest BCUT2D eigenvalue weighted by Gasteiger charge is -2.18. The Morgan fingerprint density at radius 3 is 2.84 bits per heavy atom. The van der Waals surface area contributed by atoms with E-state index < -0.39 is 16.1 Å². The summed E-state index contributed by atoms with van der Waals surface area (Å²) in [5.74, 6) is 0.384. The van der Waals surface area contributed by atoms with E-state index in [0.717, 1.165) is 32.5 Å². The molecule has 2 aromatic heterocycles. The van der Waals surface area contributed by atoms with Crippen LogP contribution in [0.4, 0.5) is 5.00 Å². The number of thiophene rings is 1. The Labute approximate surface area is 189 Å². The number of benzene rings is 2. The van der Waals surface area contributed by atoms with Crippen LogP contribution >= 0.6 is 11.3 Å². The highest BCUT2D eigenvalue weighted by molar-refractivity contribution is 7.89. The number of ether oxygens (including phenoxy) is 1. The minimum absolute atomic E-state index is 0.0897. The van der Waals surface area contributed by atoms with Crippen LogP contribution in [0.25, 0.3) is 21.3 Å². The van der Waals surface area contributed by atoms with Gasteiger partial charge in [-0.15, -0.1) is 11.3 Å². The molecule has 5 N–H and O–H groups in total. The van der Waals surface area contributed by atoms with Gasteiger partial charge in [0, 0.05) is 34.4 Å². The molecular weight excluding hydrogens is 446 g/mol.